The molecule has 9 heteroatoms. The molecule has 0 aromatic heterocycles. The molecule has 0 radical (unpaired) electrons. The highest BCUT2D eigenvalue weighted by atomic mass is 16.6. The number of esters is 1. The number of hydrogen-bond donors (Lipinski definition) is 3. The van der Waals surface area contributed by atoms with Gasteiger partial charge in [0.1, 0.15) is 18.2 Å². The molecule has 38 heavy (non-hydrogen) atoms. The first-order chi connectivity index (χ1) is 18.4. The molecule has 0 heterocycles. The molecule has 0 fully saturated rings. The summed E-state index contributed by atoms with van der Waals surface area (Å²) >= 11 is 0. The third kappa shape index (κ3) is 12.4. The summed E-state index contributed by atoms with van der Waals surface area (Å²) < 4.78 is 19.1. The molecule has 0 saturated heterocycles. The van der Waals surface area contributed by atoms with Crippen molar-refractivity contribution in [2.24, 2.45) is 11.7 Å². The van der Waals surface area contributed by atoms with Gasteiger partial charge < -0.3 is 25.8 Å². The zero-order valence-corrected chi connectivity index (χ0v) is 22.3. The van der Waals surface area contributed by atoms with Gasteiger partial charge in [0.15, 0.2) is 0 Å². The predicted octanol–water partition coefficient (Wildman–Crippen LogP) is 3.64. The number of rotatable bonds is 14. The van der Waals surface area contributed by atoms with E-state index < -0.39 is 41.4 Å². The summed E-state index contributed by atoms with van der Waals surface area (Å²) in [6.45, 7) is 5.60. The first-order valence-corrected chi connectivity index (χ1v) is 12.7. The maximum Gasteiger partial charge on any atom is 0.407 e. The highest BCUT2D eigenvalue weighted by molar-refractivity contribution is 5.89. The normalized spacial score (nSPS) is 13.8. The van der Waals surface area contributed by atoms with E-state index in [1.165, 1.54) is 0 Å². The Bertz CT molecular complexity index is 1090. The second-order valence-corrected chi connectivity index (χ2v) is 9.95. The molecule has 2 aromatic rings. The van der Waals surface area contributed by atoms with Crippen LogP contribution in [0.5, 0.6) is 0 Å². The Balaban J connectivity index is 1.99. The number of unbranched alkanes of at least 4 members (excludes halogenated alkanes) is 1. The first kappa shape index (κ1) is 28.7. The van der Waals surface area contributed by atoms with Gasteiger partial charge in [0.2, 0.25) is 11.8 Å². The number of carbonyl (C=O) groups excluding carboxylic acids is 4. The predicted molar refractivity (Wildman–Crippen MR) is 144 cm³/mol. The minimum Gasteiger partial charge on any atom is -0.461 e. The van der Waals surface area contributed by atoms with Gasteiger partial charge in [-0.05, 0) is 57.6 Å². The zero-order chi connectivity index (χ0) is 28.9. The lowest BCUT2D eigenvalue weighted by Gasteiger charge is -2.21. The summed E-state index contributed by atoms with van der Waals surface area (Å²) in [6, 6.07) is 16.2. The fraction of sp³-hybridized carbons (Fsp3) is 0.448. The molecule has 0 aliphatic carbocycles. The van der Waals surface area contributed by atoms with Gasteiger partial charge in [0, 0.05) is 6.54 Å². The number of nitrogens with two attached hydrogens (primary N) is 1. The van der Waals surface area contributed by atoms with E-state index in [4.69, 9.17) is 16.6 Å². The van der Waals surface area contributed by atoms with Gasteiger partial charge in [-0.3, -0.25) is 14.4 Å². The van der Waals surface area contributed by atoms with E-state index in [9.17, 15) is 19.2 Å². The van der Waals surface area contributed by atoms with Gasteiger partial charge in [0.05, 0.1) is 13.7 Å². The van der Waals surface area contributed by atoms with Gasteiger partial charge in [0.25, 0.3) is 0 Å². The summed E-state index contributed by atoms with van der Waals surface area (Å²) in [4.78, 5) is 49.8. The molecule has 9 nitrogen and oxygen atoms in total. The number of primary amides is 1. The fourth-order valence-electron chi connectivity index (χ4n) is 3.58. The largest absolute Gasteiger partial charge is 0.461 e. The van der Waals surface area contributed by atoms with Crippen LogP contribution in [0.2, 0.25) is 0 Å². The molecular formula is C29H39N3O6. The van der Waals surface area contributed by atoms with E-state index in [-0.39, 0.29) is 32.4 Å². The molecule has 2 atom stereocenters. The Morgan fingerprint density at radius 2 is 1.55 bits per heavy atom. The number of ether oxygens (including phenoxy) is 2. The molecule has 0 bridgehead atoms. The number of amides is 3. The maximum absolute atomic E-state index is 13.3. The molecular weight excluding hydrogens is 486 g/mol. The van der Waals surface area contributed by atoms with Gasteiger partial charge >= 0.3 is 12.1 Å². The van der Waals surface area contributed by atoms with E-state index in [2.05, 4.69) is 10.6 Å². The standard InChI is InChI=1S/C29H39N3O6/c1-29(2,3)38-28(36)31-17-11-10-16-24(26(30)34)32-27(35)23(18-21-12-6-4-7-13-21)19-25(33)37-20-22-14-8-5-9-15-22/h4-9,12-15,23-24H,10-11,16-20H2,1-3H3,(H2,30,34)(H,31,36)(H,32,35)/t23-,24?/m1/s1/i24D. The van der Waals surface area contributed by atoms with Gasteiger partial charge in [-0.25, -0.2) is 4.79 Å². The van der Waals surface area contributed by atoms with Crippen molar-refractivity contribution in [1.82, 2.24) is 10.6 Å². The Kier molecular flexibility index (Phi) is 11.6. The van der Waals surface area contributed by atoms with Crippen molar-refractivity contribution in [2.45, 2.75) is 71.1 Å². The SMILES string of the molecule is [2H]C(CCCCNC(=O)OC(C)(C)C)(NC(=O)[C@@H](CC(=O)OCc1ccccc1)Cc1ccccc1)C(N)=O. The Labute approximate surface area is 225 Å². The minimum atomic E-state index is -2.08. The molecule has 1 unspecified atom stereocenters. The van der Waals surface area contributed by atoms with Crippen LogP contribution < -0.4 is 16.4 Å². The van der Waals surface area contributed by atoms with Crippen molar-refractivity contribution in [2.75, 3.05) is 6.54 Å². The highest BCUT2D eigenvalue weighted by Crippen LogP contribution is 2.16. The number of alkyl carbamates (subject to hydrolysis) is 1. The van der Waals surface area contributed by atoms with E-state index in [1.54, 1.807) is 20.8 Å². The average Bonchev–Trinajstić information content (AvgIpc) is 2.87. The third-order valence-corrected chi connectivity index (χ3v) is 5.44. The van der Waals surface area contributed by atoms with Crippen LogP contribution in [-0.2, 0) is 36.9 Å². The zero-order valence-electron chi connectivity index (χ0n) is 23.3. The average molecular weight is 527 g/mol. The summed E-state index contributed by atoms with van der Waals surface area (Å²) in [6.07, 6.45) is 0.100. The van der Waals surface area contributed by atoms with Crippen molar-refractivity contribution < 1.29 is 30.0 Å². The lowest BCUT2D eigenvalue weighted by molar-refractivity contribution is -0.148. The lowest BCUT2D eigenvalue weighted by atomic mass is 9.94. The van der Waals surface area contributed by atoms with Crippen molar-refractivity contribution in [1.29, 1.82) is 0 Å². The van der Waals surface area contributed by atoms with Crippen molar-refractivity contribution in [3.8, 4) is 0 Å². The maximum atomic E-state index is 13.3. The summed E-state index contributed by atoms with van der Waals surface area (Å²) in [5.74, 6) is -3.11. The topological polar surface area (TPSA) is 137 Å². The van der Waals surface area contributed by atoms with Crippen molar-refractivity contribution in [3.63, 3.8) is 0 Å². The Morgan fingerprint density at radius 3 is 2.13 bits per heavy atom. The number of hydrogen-bond acceptors (Lipinski definition) is 6. The van der Waals surface area contributed by atoms with Crippen LogP contribution in [0.25, 0.3) is 0 Å². The number of carbonyl (C=O) groups is 4. The van der Waals surface area contributed by atoms with Crippen molar-refractivity contribution >= 4 is 23.9 Å². The Morgan fingerprint density at radius 1 is 0.947 bits per heavy atom. The Hall–Kier alpha value is -3.88. The lowest BCUT2D eigenvalue weighted by Crippen LogP contribution is -2.47. The van der Waals surface area contributed by atoms with Gasteiger partial charge in [-0.2, -0.15) is 0 Å². The molecule has 0 aliphatic rings. The van der Waals surface area contributed by atoms with Crippen LogP contribution in [0.15, 0.2) is 60.7 Å². The highest BCUT2D eigenvalue weighted by Gasteiger charge is 2.27. The second kappa shape index (κ2) is 15.4. The van der Waals surface area contributed by atoms with E-state index in [1.807, 2.05) is 60.7 Å². The fourth-order valence-corrected chi connectivity index (χ4v) is 3.58. The van der Waals surface area contributed by atoms with Crippen molar-refractivity contribution in [3.05, 3.63) is 71.8 Å². The van der Waals surface area contributed by atoms with E-state index in [0.29, 0.717) is 12.8 Å². The first-order valence-electron chi connectivity index (χ1n) is 13.2. The molecule has 0 saturated carbocycles. The third-order valence-electron chi connectivity index (χ3n) is 5.44. The minimum absolute atomic E-state index is 0.0689. The quantitative estimate of drug-likeness (QED) is 0.254. The molecule has 0 spiro atoms. The second-order valence-electron chi connectivity index (χ2n) is 9.95. The summed E-state index contributed by atoms with van der Waals surface area (Å²) in [5.41, 5.74) is 6.50. The van der Waals surface area contributed by atoms with Gasteiger partial charge in [-0.15, -0.1) is 0 Å². The monoisotopic (exact) mass is 526 g/mol. The summed E-state index contributed by atoms with van der Waals surface area (Å²) in [5, 5.41) is 5.07. The van der Waals surface area contributed by atoms with E-state index >= 15 is 0 Å². The summed E-state index contributed by atoms with van der Waals surface area (Å²) in [7, 11) is 0. The van der Waals surface area contributed by atoms with E-state index in [0.717, 1.165) is 11.1 Å². The number of benzene rings is 2. The van der Waals surface area contributed by atoms with Crippen LogP contribution in [-0.4, -0.2) is 42.0 Å². The van der Waals surface area contributed by atoms with Crippen LogP contribution in [0.3, 0.4) is 0 Å². The van der Waals surface area contributed by atoms with Crippen LogP contribution >= 0.6 is 0 Å². The van der Waals surface area contributed by atoms with Crippen LogP contribution in [0, 0.1) is 5.92 Å². The number of nitrogens with one attached hydrogen (secondary N) is 2. The molecule has 0 aliphatic heterocycles. The molecule has 2 aromatic carbocycles. The molecule has 3 amide bonds. The molecule has 4 N–H and O–H groups in total. The van der Waals surface area contributed by atoms with Crippen LogP contribution in [0.1, 0.15) is 59.0 Å². The molecule has 206 valence electrons. The van der Waals surface area contributed by atoms with Gasteiger partial charge in [-0.1, -0.05) is 60.7 Å². The smallest absolute Gasteiger partial charge is 0.407 e. The van der Waals surface area contributed by atoms with Crippen LogP contribution in [0.4, 0.5) is 4.79 Å². The molecule has 2 rings (SSSR count).